The van der Waals surface area contributed by atoms with Gasteiger partial charge in [-0.05, 0) is 42.0 Å². The number of carbonyl (C=O) groups is 2. The second kappa shape index (κ2) is 8.72. The number of urea groups is 1. The van der Waals surface area contributed by atoms with Crippen LogP contribution < -0.4 is 20.9 Å². The van der Waals surface area contributed by atoms with Crippen molar-refractivity contribution >= 4 is 29.1 Å². The monoisotopic (exact) mass is 379 g/mol. The minimum absolute atomic E-state index is 0.233. The Bertz CT molecular complexity index is 937. The Morgan fingerprint density at radius 2 is 1.89 bits per heavy atom. The highest BCUT2D eigenvalue weighted by Crippen LogP contribution is 2.14. The molecule has 0 bridgehead atoms. The minimum Gasteiger partial charge on any atom is -0.459 e. The summed E-state index contributed by atoms with van der Waals surface area (Å²) in [6, 6.07) is 13.7. The molecule has 8 heteroatoms. The molecular formula is C20H21N5O3. The maximum absolute atomic E-state index is 12.1. The molecule has 0 atom stereocenters. The minimum atomic E-state index is -0.343. The van der Waals surface area contributed by atoms with Crippen LogP contribution in [0.4, 0.5) is 22.0 Å². The van der Waals surface area contributed by atoms with Crippen LogP contribution in [0.1, 0.15) is 16.1 Å². The maximum Gasteiger partial charge on any atom is 0.319 e. The second-order valence-corrected chi connectivity index (χ2v) is 6.24. The number of hydrogen-bond donors (Lipinski definition) is 3. The zero-order valence-electron chi connectivity index (χ0n) is 15.6. The van der Waals surface area contributed by atoms with E-state index < -0.39 is 0 Å². The summed E-state index contributed by atoms with van der Waals surface area (Å²) in [6.45, 7) is 0.305. The Labute approximate surface area is 162 Å². The summed E-state index contributed by atoms with van der Waals surface area (Å²) in [6.07, 6.45) is 3.04. The van der Waals surface area contributed by atoms with Gasteiger partial charge in [-0.1, -0.05) is 12.1 Å². The number of nitrogens with zero attached hydrogens (tertiary/aromatic N) is 2. The van der Waals surface area contributed by atoms with Crippen LogP contribution in [0.25, 0.3) is 0 Å². The smallest absolute Gasteiger partial charge is 0.319 e. The van der Waals surface area contributed by atoms with E-state index in [4.69, 9.17) is 4.42 Å². The molecule has 3 aromatic rings. The Morgan fingerprint density at radius 1 is 1.04 bits per heavy atom. The zero-order chi connectivity index (χ0) is 19.9. The number of aromatic nitrogens is 1. The molecule has 2 heterocycles. The van der Waals surface area contributed by atoms with Gasteiger partial charge in [0.25, 0.3) is 5.91 Å². The van der Waals surface area contributed by atoms with Gasteiger partial charge in [0.05, 0.1) is 18.1 Å². The third-order valence-corrected chi connectivity index (χ3v) is 3.85. The summed E-state index contributed by atoms with van der Waals surface area (Å²) in [5.74, 6) is 0.706. The number of furan rings is 1. The van der Waals surface area contributed by atoms with Crippen LogP contribution in [0.2, 0.25) is 0 Å². The van der Waals surface area contributed by atoms with Gasteiger partial charge in [-0.3, -0.25) is 4.79 Å². The van der Waals surface area contributed by atoms with Gasteiger partial charge in [-0.25, -0.2) is 9.78 Å². The van der Waals surface area contributed by atoms with Gasteiger partial charge in [-0.2, -0.15) is 0 Å². The number of pyridine rings is 1. The van der Waals surface area contributed by atoms with Crippen molar-refractivity contribution in [2.45, 2.75) is 6.54 Å². The number of nitrogens with one attached hydrogen (secondary N) is 3. The Morgan fingerprint density at radius 3 is 2.57 bits per heavy atom. The summed E-state index contributed by atoms with van der Waals surface area (Å²) in [7, 11) is 3.79. The highest BCUT2D eigenvalue weighted by Gasteiger charge is 2.09. The molecule has 0 fully saturated rings. The predicted octanol–water partition coefficient (Wildman–Crippen LogP) is 3.31. The quantitative estimate of drug-likeness (QED) is 0.610. The van der Waals surface area contributed by atoms with E-state index in [2.05, 4.69) is 20.9 Å². The molecule has 0 saturated carbocycles. The summed E-state index contributed by atoms with van der Waals surface area (Å²) in [5, 5.41) is 8.26. The van der Waals surface area contributed by atoms with Crippen molar-refractivity contribution in [1.82, 2.24) is 10.3 Å². The molecule has 1 aromatic carbocycles. The van der Waals surface area contributed by atoms with Crippen molar-refractivity contribution in [3.63, 3.8) is 0 Å². The van der Waals surface area contributed by atoms with Crippen LogP contribution in [0.15, 0.2) is 65.4 Å². The molecule has 144 valence electrons. The molecule has 3 rings (SSSR count). The predicted molar refractivity (Wildman–Crippen MR) is 108 cm³/mol. The van der Waals surface area contributed by atoms with Crippen molar-refractivity contribution in [3.8, 4) is 0 Å². The number of benzene rings is 1. The van der Waals surface area contributed by atoms with Crippen LogP contribution in [-0.4, -0.2) is 31.0 Å². The van der Waals surface area contributed by atoms with Gasteiger partial charge in [0.15, 0.2) is 5.76 Å². The zero-order valence-corrected chi connectivity index (χ0v) is 15.6. The molecule has 0 saturated heterocycles. The first-order valence-corrected chi connectivity index (χ1v) is 8.63. The average molecular weight is 379 g/mol. The molecule has 3 N–H and O–H groups in total. The topological polar surface area (TPSA) is 99.5 Å². The second-order valence-electron chi connectivity index (χ2n) is 6.24. The summed E-state index contributed by atoms with van der Waals surface area (Å²) in [5.41, 5.74) is 2.06. The van der Waals surface area contributed by atoms with Crippen molar-refractivity contribution in [2.24, 2.45) is 0 Å². The summed E-state index contributed by atoms with van der Waals surface area (Å²) < 4.78 is 5.07. The molecule has 0 radical (unpaired) electrons. The standard InChI is InChI=1S/C20H21N5O3/c1-25(2)18-9-8-16(13-21-18)24-20(27)22-12-14-5-3-6-15(11-14)23-19(26)17-7-4-10-28-17/h3-11,13H,12H2,1-2H3,(H,23,26)(H2,22,24,27). The van der Waals surface area contributed by atoms with E-state index in [1.165, 1.54) is 6.26 Å². The number of amides is 3. The van der Waals surface area contributed by atoms with E-state index in [0.717, 1.165) is 11.4 Å². The van der Waals surface area contributed by atoms with Gasteiger partial charge in [0.1, 0.15) is 5.82 Å². The van der Waals surface area contributed by atoms with Crippen molar-refractivity contribution in [1.29, 1.82) is 0 Å². The van der Waals surface area contributed by atoms with E-state index in [0.29, 0.717) is 17.9 Å². The van der Waals surface area contributed by atoms with E-state index in [1.807, 2.05) is 31.1 Å². The van der Waals surface area contributed by atoms with Crippen molar-refractivity contribution in [2.75, 3.05) is 29.6 Å². The lowest BCUT2D eigenvalue weighted by Crippen LogP contribution is -2.28. The first-order valence-electron chi connectivity index (χ1n) is 8.63. The molecule has 28 heavy (non-hydrogen) atoms. The highest BCUT2D eigenvalue weighted by atomic mass is 16.3. The lowest BCUT2D eigenvalue weighted by Gasteiger charge is -2.12. The fourth-order valence-electron chi connectivity index (χ4n) is 2.44. The fourth-order valence-corrected chi connectivity index (χ4v) is 2.44. The van der Waals surface area contributed by atoms with E-state index in [-0.39, 0.29) is 17.7 Å². The van der Waals surface area contributed by atoms with Gasteiger partial charge >= 0.3 is 6.03 Å². The number of hydrogen-bond acceptors (Lipinski definition) is 5. The van der Waals surface area contributed by atoms with Crippen LogP contribution in [0.5, 0.6) is 0 Å². The molecule has 0 unspecified atom stereocenters. The molecule has 0 aliphatic heterocycles. The summed E-state index contributed by atoms with van der Waals surface area (Å²) >= 11 is 0. The third kappa shape index (κ3) is 5.10. The van der Waals surface area contributed by atoms with E-state index in [1.54, 1.807) is 42.6 Å². The van der Waals surface area contributed by atoms with Crippen molar-refractivity contribution in [3.05, 3.63) is 72.3 Å². The van der Waals surface area contributed by atoms with Gasteiger partial charge in [0, 0.05) is 26.3 Å². The van der Waals surface area contributed by atoms with Crippen LogP contribution in [0.3, 0.4) is 0 Å². The molecule has 0 aliphatic rings. The van der Waals surface area contributed by atoms with Crippen LogP contribution in [-0.2, 0) is 6.54 Å². The Hall–Kier alpha value is -3.81. The lowest BCUT2D eigenvalue weighted by molar-refractivity contribution is 0.0996. The molecule has 2 aromatic heterocycles. The Balaban J connectivity index is 1.52. The third-order valence-electron chi connectivity index (χ3n) is 3.85. The molecule has 8 nitrogen and oxygen atoms in total. The highest BCUT2D eigenvalue weighted by molar-refractivity contribution is 6.02. The SMILES string of the molecule is CN(C)c1ccc(NC(=O)NCc2cccc(NC(=O)c3ccco3)c2)cn1. The number of carbonyl (C=O) groups excluding carboxylic acids is 2. The maximum atomic E-state index is 12.1. The largest absolute Gasteiger partial charge is 0.459 e. The first-order chi connectivity index (χ1) is 13.5. The van der Waals surface area contributed by atoms with Gasteiger partial charge < -0.3 is 25.3 Å². The van der Waals surface area contributed by atoms with Crippen molar-refractivity contribution < 1.29 is 14.0 Å². The molecule has 0 aliphatic carbocycles. The molecule has 3 amide bonds. The summed E-state index contributed by atoms with van der Waals surface area (Å²) in [4.78, 5) is 30.2. The lowest BCUT2D eigenvalue weighted by atomic mass is 10.2. The van der Waals surface area contributed by atoms with E-state index >= 15 is 0 Å². The van der Waals surface area contributed by atoms with Gasteiger partial charge in [0.2, 0.25) is 0 Å². The van der Waals surface area contributed by atoms with E-state index in [9.17, 15) is 9.59 Å². The normalized spacial score (nSPS) is 10.2. The van der Waals surface area contributed by atoms with Gasteiger partial charge in [-0.15, -0.1) is 0 Å². The Kier molecular flexibility index (Phi) is 5.91. The number of rotatable bonds is 6. The molecular weight excluding hydrogens is 358 g/mol. The average Bonchev–Trinajstić information content (AvgIpc) is 3.22. The van der Waals surface area contributed by atoms with Crippen LogP contribution >= 0.6 is 0 Å². The fraction of sp³-hybridized carbons (Fsp3) is 0.150. The van der Waals surface area contributed by atoms with Crippen LogP contribution in [0, 0.1) is 0 Å². The first kappa shape index (κ1) is 19.0. The molecule has 0 spiro atoms. The number of anilines is 3.